The average Bonchev–Trinajstić information content (AvgIpc) is 3.02. The number of nitrogens with one attached hydrogen (secondary N) is 1. The minimum absolute atomic E-state index is 0.198. The highest BCUT2D eigenvalue weighted by Gasteiger charge is 2.17. The summed E-state index contributed by atoms with van der Waals surface area (Å²) in [6.45, 7) is 0. The van der Waals surface area contributed by atoms with Crippen molar-refractivity contribution in [2.24, 2.45) is 0 Å². The van der Waals surface area contributed by atoms with Crippen molar-refractivity contribution in [3.63, 3.8) is 0 Å². The summed E-state index contributed by atoms with van der Waals surface area (Å²) in [5.41, 5.74) is 1.21. The molecule has 1 amide bonds. The number of rotatable bonds is 4. The molecule has 1 atom stereocenters. The molecule has 1 aliphatic heterocycles. The Hall–Kier alpha value is -2.08. The molecule has 21 heavy (non-hydrogen) atoms. The van der Waals surface area contributed by atoms with E-state index in [1.54, 1.807) is 36.7 Å². The van der Waals surface area contributed by atoms with Crippen molar-refractivity contribution < 1.29 is 9.53 Å². The number of carbonyl (C=O) groups is 1. The number of carbonyl (C=O) groups excluding carboxylic acids is 1. The Labute approximate surface area is 127 Å². The van der Waals surface area contributed by atoms with Crippen molar-refractivity contribution in [3.8, 4) is 5.88 Å². The number of aromatic nitrogens is 2. The molecule has 1 unspecified atom stereocenters. The Morgan fingerprint density at radius 2 is 2.14 bits per heavy atom. The van der Waals surface area contributed by atoms with Crippen LogP contribution in [0.2, 0.25) is 0 Å². The highest BCUT2D eigenvalue weighted by molar-refractivity contribution is 7.99. The van der Waals surface area contributed by atoms with E-state index in [0.717, 1.165) is 17.9 Å². The molecule has 3 heterocycles. The van der Waals surface area contributed by atoms with Gasteiger partial charge in [0.25, 0.3) is 5.91 Å². The maximum Gasteiger partial charge on any atom is 0.257 e. The third-order valence-electron chi connectivity index (χ3n) is 3.11. The van der Waals surface area contributed by atoms with E-state index in [9.17, 15) is 4.79 Å². The fourth-order valence-electron chi connectivity index (χ4n) is 2.00. The normalized spacial score (nSPS) is 17.4. The van der Waals surface area contributed by atoms with Gasteiger partial charge >= 0.3 is 0 Å². The Balaban J connectivity index is 1.62. The summed E-state index contributed by atoms with van der Waals surface area (Å²) in [7, 11) is 0. The fraction of sp³-hybridized carbons (Fsp3) is 0.267. The van der Waals surface area contributed by atoms with Crippen LogP contribution in [0.4, 0.5) is 5.69 Å². The van der Waals surface area contributed by atoms with E-state index in [1.165, 1.54) is 6.20 Å². The van der Waals surface area contributed by atoms with E-state index in [0.29, 0.717) is 17.1 Å². The monoisotopic (exact) mass is 301 g/mol. The van der Waals surface area contributed by atoms with Crippen molar-refractivity contribution in [1.29, 1.82) is 0 Å². The highest BCUT2D eigenvalue weighted by Crippen LogP contribution is 2.22. The van der Waals surface area contributed by atoms with Gasteiger partial charge in [0, 0.05) is 36.1 Å². The van der Waals surface area contributed by atoms with Crippen molar-refractivity contribution in [2.75, 3.05) is 16.8 Å². The zero-order chi connectivity index (χ0) is 14.5. The number of hydrogen-bond acceptors (Lipinski definition) is 5. The van der Waals surface area contributed by atoms with Crippen LogP contribution in [0.5, 0.6) is 5.88 Å². The van der Waals surface area contributed by atoms with Crippen LogP contribution >= 0.6 is 11.8 Å². The summed E-state index contributed by atoms with van der Waals surface area (Å²) in [5.74, 6) is 2.52. The lowest BCUT2D eigenvalue weighted by Gasteiger charge is -2.11. The Morgan fingerprint density at radius 3 is 2.81 bits per heavy atom. The Bertz CT molecular complexity index is 598. The van der Waals surface area contributed by atoms with E-state index in [2.05, 4.69) is 15.3 Å². The zero-order valence-corrected chi connectivity index (χ0v) is 12.2. The summed E-state index contributed by atoms with van der Waals surface area (Å²) in [6.07, 6.45) is 6.08. The topological polar surface area (TPSA) is 64.1 Å². The number of thioether (sulfide) groups is 1. The minimum atomic E-state index is -0.198. The molecule has 0 saturated carbocycles. The van der Waals surface area contributed by atoms with E-state index in [1.807, 2.05) is 11.8 Å². The van der Waals surface area contributed by atoms with Gasteiger partial charge in [-0.2, -0.15) is 11.8 Å². The van der Waals surface area contributed by atoms with Crippen LogP contribution in [-0.2, 0) is 0 Å². The van der Waals surface area contributed by atoms with Crippen LogP contribution < -0.4 is 10.1 Å². The molecule has 5 nitrogen and oxygen atoms in total. The highest BCUT2D eigenvalue weighted by atomic mass is 32.2. The van der Waals surface area contributed by atoms with E-state index in [-0.39, 0.29) is 12.0 Å². The SMILES string of the molecule is O=C(Nc1ccncc1)c1ccc(OC2CCSC2)nc1. The van der Waals surface area contributed by atoms with Crippen molar-refractivity contribution >= 4 is 23.4 Å². The predicted octanol–water partition coefficient (Wildman–Crippen LogP) is 2.61. The minimum Gasteiger partial charge on any atom is -0.473 e. The standard InChI is InChI=1S/C15H15N3O2S/c19-15(18-12-3-6-16-7-4-12)11-1-2-14(17-9-11)20-13-5-8-21-10-13/h1-4,6-7,9,13H,5,8,10H2,(H,16,18,19). The molecular formula is C15H15N3O2S. The largest absolute Gasteiger partial charge is 0.473 e. The summed E-state index contributed by atoms with van der Waals surface area (Å²) in [4.78, 5) is 20.2. The lowest BCUT2D eigenvalue weighted by atomic mass is 10.2. The van der Waals surface area contributed by atoms with Crippen molar-refractivity contribution in [1.82, 2.24) is 9.97 Å². The first-order valence-corrected chi connectivity index (χ1v) is 7.88. The van der Waals surface area contributed by atoms with Crippen LogP contribution in [0, 0.1) is 0 Å². The molecule has 1 fully saturated rings. The van der Waals surface area contributed by atoms with Crippen LogP contribution in [0.1, 0.15) is 16.8 Å². The maximum absolute atomic E-state index is 12.1. The molecule has 2 aromatic rings. The van der Waals surface area contributed by atoms with Crippen LogP contribution in [0.25, 0.3) is 0 Å². The third kappa shape index (κ3) is 3.72. The molecule has 0 spiro atoms. The second-order valence-corrected chi connectivity index (χ2v) is 5.83. The second-order valence-electron chi connectivity index (χ2n) is 4.68. The molecule has 6 heteroatoms. The Kier molecular flexibility index (Phi) is 4.35. The predicted molar refractivity (Wildman–Crippen MR) is 82.8 cm³/mol. The average molecular weight is 301 g/mol. The van der Waals surface area contributed by atoms with Gasteiger partial charge in [-0.25, -0.2) is 4.98 Å². The van der Waals surface area contributed by atoms with Crippen molar-refractivity contribution in [2.45, 2.75) is 12.5 Å². The van der Waals surface area contributed by atoms with Gasteiger partial charge in [0.2, 0.25) is 5.88 Å². The lowest BCUT2D eigenvalue weighted by Crippen LogP contribution is -2.16. The van der Waals surface area contributed by atoms with E-state index in [4.69, 9.17) is 4.74 Å². The number of amides is 1. The fourth-order valence-corrected chi connectivity index (χ4v) is 3.09. The molecule has 2 aromatic heterocycles. The molecule has 1 N–H and O–H groups in total. The molecule has 0 radical (unpaired) electrons. The molecule has 1 aliphatic rings. The number of ether oxygens (including phenoxy) is 1. The number of nitrogens with zero attached hydrogens (tertiary/aromatic N) is 2. The number of anilines is 1. The molecule has 3 rings (SSSR count). The Morgan fingerprint density at radius 1 is 1.29 bits per heavy atom. The van der Waals surface area contributed by atoms with Crippen LogP contribution in [-0.4, -0.2) is 33.5 Å². The first-order chi connectivity index (χ1) is 10.3. The molecule has 0 aromatic carbocycles. The van der Waals surface area contributed by atoms with Crippen LogP contribution in [0.15, 0.2) is 42.9 Å². The van der Waals surface area contributed by atoms with Gasteiger partial charge in [-0.1, -0.05) is 0 Å². The molecule has 1 saturated heterocycles. The van der Waals surface area contributed by atoms with Gasteiger partial charge < -0.3 is 10.1 Å². The first-order valence-electron chi connectivity index (χ1n) is 6.73. The smallest absolute Gasteiger partial charge is 0.257 e. The van der Waals surface area contributed by atoms with Gasteiger partial charge in [-0.05, 0) is 30.4 Å². The molecule has 108 valence electrons. The second kappa shape index (κ2) is 6.58. The molecular weight excluding hydrogens is 286 g/mol. The molecule has 0 aliphatic carbocycles. The first kappa shape index (κ1) is 13.9. The van der Waals surface area contributed by atoms with E-state index < -0.39 is 0 Å². The number of hydrogen-bond donors (Lipinski definition) is 1. The summed E-state index contributed by atoms with van der Waals surface area (Å²) in [6, 6.07) is 6.94. The van der Waals surface area contributed by atoms with Gasteiger partial charge in [-0.3, -0.25) is 9.78 Å². The summed E-state index contributed by atoms with van der Waals surface area (Å²) in [5, 5.41) is 2.79. The zero-order valence-electron chi connectivity index (χ0n) is 11.4. The summed E-state index contributed by atoms with van der Waals surface area (Å²) >= 11 is 1.89. The van der Waals surface area contributed by atoms with Gasteiger partial charge in [-0.15, -0.1) is 0 Å². The van der Waals surface area contributed by atoms with E-state index >= 15 is 0 Å². The van der Waals surface area contributed by atoms with Crippen molar-refractivity contribution in [3.05, 3.63) is 48.4 Å². The van der Waals surface area contributed by atoms with Gasteiger partial charge in [0.15, 0.2) is 0 Å². The molecule has 0 bridgehead atoms. The third-order valence-corrected chi connectivity index (χ3v) is 4.24. The van der Waals surface area contributed by atoms with Gasteiger partial charge in [0.1, 0.15) is 6.10 Å². The van der Waals surface area contributed by atoms with Crippen LogP contribution in [0.3, 0.4) is 0 Å². The summed E-state index contributed by atoms with van der Waals surface area (Å²) < 4.78 is 5.76. The quantitative estimate of drug-likeness (QED) is 0.940. The van der Waals surface area contributed by atoms with Gasteiger partial charge in [0.05, 0.1) is 5.56 Å². The maximum atomic E-state index is 12.1. The number of pyridine rings is 2. The lowest BCUT2D eigenvalue weighted by molar-refractivity contribution is 0.102.